The van der Waals surface area contributed by atoms with E-state index in [2.05, 4.69) is 24.7 Å². The van der Waals surface area contributed by atoms with Crippen molar-refractivity contribution in [3.05, 3.63) is 0 Å². The van der Waals surface area contributed by atoms with Gasteiger partial charge in [0.1, 0.15) is 0 Å². The van der Waals surface area contributed by atoms with Gasteiger partial charge in [-0.3, -0.25) is 10.2 Å². The summed E-state index contributed by atoms with van der Waals surface area (Å²) in [6, 6.07) is 0. The summed E-state index contributed by atoms with van der Waals surface area (Å²) in [5.74, 6) is 1.01. The van der Waals surface area contributed by atoms with Crippen LogP contribution in [0.5, 0.6) is 0 Å². The van der Waals surface area contributed by atoms with Gasteiger partial charge in [-0.1, -0.05) is 19.8 Å². The smallest absolute Gasteiger partial charge is 0.237 e. The van der Waals surface area contributed by atoms with Gasteiger partial charge in [0.05, 0.1) is 0 Å². The normalized spacial score (nSPS) is 42.9. The topological polar surface area (TPSA) is 41.1 Å². The third kappa shape index (κ3) is 1.44. The first kappa shape index (κ1) is 9.97. The molecule has 0 spiro atoms. The van der Waals surface area contributed by atoms with E-state index in [1.54, 1.807) is 0 Å². The molecule has 1 heterocycles. The highest BCUT2D eigenvalue weighted by atomic mass is 16.2. The molecule has 0 radical (unpaired) electrons. The molecule has 0 bridgehead atoms. The van der Waals surface area contributed by atoms with Gasteiger partial charge in [-0.15, -0.1) is 0 Å². The van der Waals surface area contributed by atoms with Gasteiger partial charge in [-0.2, -0.15) is 0 Å². The molecule has 1 saturated carbocycles. The fourth-order valence-electron chi connectivity index (χ4n) is 2.95. The summed E-state index contributed by atoms with van der Waals surface area (Å²) in [4.78, 5) is 11.7. The lowest BCUT2D eigenvalue weighted by Gasteiger charge is -2.48. The molecule has 1 saturated heterocycles. The lowest BCUT2D eigenvalue weighted by molar-refractivity contribution is -0.136. The van der Waals surface area contributed by atoms with Crippen LogP contribution in [0.3, 0.4) is 0 Å². The number of hydrogen-bond acceptors (Lipinski definition) is 2. The molecule has 3 nitrogen and oxygen atoms in total. The second-order valence-electron chi connectivity index (χ2n) is 4.88. The number of hydrogen-bond donors (Lipinski definition) is 2. The average Bonchev–Trinajstić information content (AvgIpc) is 2.24. The Kier molecular flexibility index (Phi) is 2.52. The largest absolute Gasteiger partial charge is 0.291 e. The molecule has 3 atom stereocenters. The number of fused-ring (bicyclic) bond motifs is 1. The van der Waals surface area contributed by atoms with E-state index in [1.165, 1.54) is 19.3 Å². The van der Waals surface area contributed by atoms with E-state index in [0.29, 0.717) is 5.92 Å². The van der Waals surface area contributed by atoms with Gasteiger partial charge in [0.2, 0.25) is 5.91 Å². The summed E-state index contributed by atoms with van der Waals surface area (Å²) >= 11 is 0. The Balaban J connectivity index is 2.20. The molecule has 80 valence electrons. The van der Waals surface area contributed by atoms with E-state index >= 15 is 0 Å². The SMILES string of the molecule is CCC1(C)NNC(=O)C2CCCCC21. The zero-order valence-corrected chi connectivity index (χ0v) is 9.10. The van der Waals surface area contributed by atoms with E-state index in [9.17, 15) is 4.79 Å². The zero-order valence-electron chi connectivity index (χ0n) is 9.10. The molecule has 1 amide bonds. The summed E-state index contributed by atoms with van der Waals surface area (Å²) in [5, 5.41) is 0. The highest BCUT2D eigenvalue weighted by Crippen LogP contribution is 2.40. The molecule has 1 aliphatic carbocycles. The van der Waals surface area contributed by atoms with Crippen LogP contribution in [0.2, 0.25) is 0 Å². The van der Waals surface area contributed by atoms with Crippen molar-refractivity contribution >= 4 is 5.91 Å². The summed E-state index contributed by atoms with van der Waals surface area (Å²) in [7, 11) is 0. The predicted octanol–water partition coefficient (Wildman–Crippen LogP) is 1.60. The summed E-state index contributed by atoms with van der Waals surface area (Å²) in [5.41, 5.74) is 6.14. The summed E-state index contributed by atoms with van der Waals surface area (Å²) < 4.78 is 0. The van der Waals surface area contributed by atoms with Crippen molar-refractivity contribution in [2.45, 2.75) is 51.5 Å². The van der Waals surface area contributed by atoms with Crippen LogP contribution in [-0.4, -0.2) is 11.4 Å². The average molecular weight is 196 g/mol. The fourth-order valence-corrected chi connectivity index (χ4v) is 2.95. The van der Waals surface area contributed by atoms with Gasteiger partial charge in [0, 0.05) is 11.5 Å². The maximum absolute atomic E-state index is 11.7. The van der Waals surface area contributed by atoms with Crippen molar-refractivity contribution in [3.8, 4) is 0 Å². The lowest BCUT2D eigenvalue weighted by atomic mass is 9.67. The van der Waals surface area contributed by atoms with Crippen LogP contribution in [0.4, 0.5) is 0 Å². The Morgan fingerprint density at radius 2 is 2.14 bits per heavy atom. The standard InChI is InChI=1S/C11H20N2O/c1-3-11(2)9-7-5-4-6-8(9)10(14)12-13-11/h8-9,13H,3-7H2,1-2H3,(H,12,14). The minimum atomic E-state index is 0.110. The van der Waals surface area contributed by atoms with E-state index in [0.717, 1.165) is 12.8 Å². The number of carbonyl (C=O) groups excluding carboxylic acids is 1. The highest BCUT2D eigenvalue weighted by Gasteiger charge is 2.45. The number of amides is 1. The first-order valence-corrected chi connectivity index (χ1v) is 5.74. The number of rotatable bonds is 1. The number of carbonyl (C=O) groups is 1. The van der Waals surface area contributed by atoms with Crippen molar-refractivity contribution in [1.29, 1.82) is 0 Å². The molecular weight excluding hydrogens is 176 g/mol. The molecular formula is C11H20N2O. The zero-order chi connectivity index (χ0) is 10.2. The first-order valence-electron chi connectivity index (χ1n) is 5.74. The molecule has 0 aromatic carbocycles. The van der Waals surface area contributed by atoms with Crippen LogP contribution in [-0.2, 0) is 4.79 Å². The van der Waals surface area contributed by atoms with Crippen LogP contribution >= 0.6 is 0 Å². The molecule has 0 aromatic heterocycles. The maximum Gasteiger partial charge on any atom is 0.237 e. The quantitative estimate of drug-likeness (QED) is 0.668. The third-order valence-corrected chi connectivity index (χ3v) is 4.13. The molecule has 3 heteroatoms. The van der Waals surface area contributed by atoms with Crippen LogP contribution < -0.4 is 10.9 Å². The Hall–Kier alpha value is -0.570. The van der Waals surface area contributed by atoms with Crippen molar-refractivity contribution in [3.63, 3.8) is 0 Å². The predicted molar refractivity (Wildman–Crippen MR) is 55.4 cm³/mol. The van der Waals surface area contributed by atoms with Gasteiger partial charge in [-0.05, 0) is 32.1 Å². The van der Waals surface area contributed by atoms with Crippen LogP contribution in [0.25, 0.3) is 0 Å². The van der Waals surface area contributed by atoms with Crippen LogP contribution in [0.1, 0.15) is 46.0 Å². The van der Waals surface area contributed by atoms with Crippen molar-refractivity contribution < 1.29 is 4.79 Å². The molecule has 1 aliphatic heterocycles. The maximum atomic E-state index is 11.7. The highest BCUT2D eigenvalue weighted by molar-refractivity contribution is 5.79. The van der Waals surface area contributed by atoms with E-state index in [4.69, 9.17) is 0 Å². The molecule has 2 aliphatic rings. The fraction of sp³-hybridized carbons (Fsp3) is 0.909. The van der Waals surface area contributed by atoms with Gasteiger partial charge in [-0.25, -0.2) is 5.43 Å². The molecule has 14 heavy (non-hydrogen) atoms. The van der Waals surface area contributed by atoms with Crippen molar-refractivity contribution in [1.82, 2.24) is 10.9 Å². The molecule has 2 N–H and O–H groups in total. The molecule has 0 aromatic rings. The monoisotopic (exact) mass is 196 g/mol. The molecule has 3 unspecified atom stereocenters. The molecule has 2 fully saturated rings. The minimum Gasteiger partial charge on any atom is -0.291 e. The van der Waals surface area contributed by atoms with Crippen LogP contribution in [0, 0.1) is 11.8 Å². The van der Waals surface area contributed by atoms with Crippen LogP contribution in [0.15, 0.2) is 0 Å². The molecule has 2 rings (SSSR count). The van der Waals surface area contributed by atoms with Crippen molar-refractivity contribution in [2.75, 3.05) is 0 Å². The van der Waals surface area contributed by atoms with Crippen molar-refractivity contribution in [2.24, 2.45) is 11.8 Å². The Morgan fingerprint density at radius 3 is 2.86 bits per heavy atom. The minimum absolute atomic E-state index is 0.110. The van der Waals surface area contributed by atoms with E-state index < -0.39 is 0 Å². The Labute approximate surface area is 85.6 Å². The van der Waals surface area contributed by atoms with Gasteiger partial charge >= 0.3 is 0 Å². The first-order chi connectivity index (χ1) is 6.67. The second kappa shape index (κ2) is 3.54. The van der Waals surface area contributed by atoms with Gasteiger partial charge in [0.15, 0.2) is 0 Å². The van der Waals surface area contributed by atoms with E-state index in [-0.39, 0.29) is 17.4 Å². The van der Waals surface area contributed by atoms with Gasteiger partial charge < -0.3 is 0 Å². The number of hydrazine groups is 1. The summed E-state index contributed by atoms with van der Waals surface area (Å²) in [6.07, 6.45) is 5.86. The third-order valence-electron chi connectivity index (χ3n) is 4.13. The Morgan fingerprint density at radius 1 is 1.43 bits per heavy atom. The Bertz CT molecular complexity index is 241. The van der Waals surface area contributed by atoms with E-state index in [1.807, 2.05) is 0 Å². The lowest BCUT2D eigenvalue weighted by Crippen LogP contribution is -2.65. The van der Waals surface area contributed by atoms with Gasteiger partial charge in [0.25, 0.3) is 0 Å². The number of nitrogens with one attached hydrogen (secondary N) is 2. The second-order valence-corrected chi connectivity index (χ2v) is 4.88. The summed E-state index contributed by atoms with van der Waals surface area (Å²) in [6.45, 7) is 4.42.